The first-order valence-corrected chi connectivity index (χ1v) is 12.8. The van der Waals surface area contributed by atoms with Crippen LogP contribution in [0.3, 0.4) is 0 Å². The summed E-state index contributed by atoms with van der Waals surface area (Å²) in [4.78, 5) is 0.149. The van der Waals surface area contributed by atoms with Crippen molar-refractivity contribution in [1.82, 2.24) is 5.32 Å². The quantitative estimate of drug-likeness (QED) is 0.559. The van der Waals surface area contributed by atoms with E-state index < -0.39 is 15.8 Å². The van der Waals surface area contributed by atoms with Gasteiger partial charge in [0.1, 0.15) is 5.75 Å². The maximum atomic E-state index is 14.6. The normalized spacial score (nSPS) is 17.2. The fourth-order valence-electron chi connectivity index (χ4n) is 4.53. The Hall–Kier alpha value is -2.12. The maximum absolute atomic E-state index is 14.6. The third-order valence-corrected chi connectivity index (χ3v) is 7.67. The average Bonchev–Trinajstić information content (AvgIpc) is 2.79. The Morgan fingerprint density at radius 1 is 1.06 bits per heavy atom. The van der Waals surface area contributed by atoms with Crippen LogP contribution in [0.4, 0.5) is 10.1 Å². The summed E-state index contributed by atoms with van der Waals surface area (Å²) in [6, 6.07) is 9.34. The van der Waals surface area contributed by atoms with Crippen molar-refractivity contribution in [3.8, 4) is 5.75 Å². The third kappa shape index (κ3) is 5.77. The molecule has 0 amide bonds. The molecule has 0 atom stereocenters. The first-order valence-electron chi connectivity index (χ1n) is 11.3. The van der Waals surface area contributed by atoms with Crippen molar-refractivity contribution in [2.24, 2.45) is 5.92 Å². The van der Waals surface area contributed by atoms with E-state index in [0.717, 1.165) is 49.4 Å². The number of rotatable bonds is 8. The van der Waals surface area contributed by atoms with Crippen molar-refractivity contribution in [3.63, 3.8) is 0 Å². The third-order valence-electron chi connectivity index (χ3n) is 6.31. The molecule has 4 rings (SSSR count). The van der Waals surface area contributed by atoms with Gasteiger partial charge < -0.3 is 10.1 Å². The van der Waals surface area contributed by atoms with Crippen molar-refractivity contribution in [2.45, 2.75) is 62.8 Å². The van der Waals surface area contributed by atoms with E-state index in [1.807, 2.05) is 6.07 Å². The van der Waals surface area contributed by atoms with Crippen LogP contribution in [0.15, 0.2) is 41.3 Å². The van der Waals surface area contributed by atoms with Gasteiger partial charge in [-0.25, -0.2) is 12.8 Å². The van der Waals surface area contributed by atoms with E-state index in [2.05, 4.69) is 10.0 Å². The summed E-state index contributed by atoms with van der Waals surface area (Å²) in [5.41, 5.74) is 2.04. The molecule has 7 heteroatoms. The van der Waals surface area contributed by atoms with Crippen LogP contribution >= 0.6 is 0 Å². The molecular weight excluding hydrogens is 415 g/mol. The minimum Gasteiger partial charge on any atom is -0.493 e. The lowest BCUT2D eigenvalue weighted by Crippen LogP contribution is -2.24. The molecule has 1 saturated carbocycles. The summed E-state index contributed by atoms with van der Waals surface area (Å²) in [6.45, 7) is 2.10. The SMILES string of the molecule is O=S(=O)(Nc1ccc(OCCCC2CCCCC2)cc1F)c1ccc2c(c1)CCNC2. The molecule has 2 N–H and O–H groups in total. The van der Waals surface area contributed by atoms with E-state index in [1.165, 1.54) is 44.2 Å². The lowest BCUT2D eigenvalue weighted by Gasteiger charge is -2.21. The van der Waals surface area contributed by atoms with E-state index in [-0.39, 0.29) is 10.6 Å². The standard InChI is InChI=1S/C24H31FN2O3S/c25-23-16-21(30-14-4-7-18-5-2-1-3-6-18)9-11-24(23)27-31(28,29)22-10-8-20-17-26-13-12-19(20)15-22/h8-11,15-16,18,26-27H,1-7,12-14,17H2. The second kappa shape index (κ2) is 10.0. The summed E-state index contributed by atoms with van der Waals surface area (Å²) in [6.07, 6.45) is 9.51. The first kappa shape index (κ1) is 22.1. The van der Waals surface area contributed by atoms with Gasteiger partial charge in [-0.1, -0.05) is 38.2 Å². The van der Waals surface area contributed by atoms with Crippen molar-refractivity contribution >= 4 is 15.7 Å². The number of halogens is 1. The number of sulfonamides is 1. The predicted molar refractivity (Wildman–Crippen MR) is 120 cm³/mol. The van der Waals surface area contributed by atoms with Gasteiger partial charge in [0.2, 0.25) is 0 Å². The Bertz CT molecular complexity index is 1000. The number of hydrogen-bond donors (Lipinski definition) is 2. The highest BCUT2D eigenvalue weighted by atomic mass is 32.2. The van der Waals surface area contributed by atoms with Crippen molar-refractivity contribution in [2.75, 3.05) is 17.9 Å². The molecule has 0 aromatic heterocycles. The van der Waals surface area contributed by atoms with Crippen molar-refractivity contribution < 1.29 is 17.5 Å². The summed E-state index contributed by atoms with van der Waals surface area (Å²) in [5, 5.41) is 3.26. The molecule has 1 aliphatic heterocycles. The molecule has 2 aromatic rings. The van der Waals surface area contributed by atoms with Gasteiger partial charge in [0.25, 0.3) is 10.0 Å². The molecule has 0 saturated heterocycles. The Labute approximate surface area is 184 Å². The molecule has 1 heterocycles. The van der Waals surface area contributed by atoms with Crippen LogP contribution in [0, 0.1) is 11.7 Å². The number of ether oxygens (including phenoxy) is 1. The lowest BCUT2D eigenvalue weighted by molar-refractivity contribution is 0.268. The Morgan fingerprint density at radius 2 is 1.90 bits per heavy atom. The van der Waals surface area contributed by atoms with Gasteiger partial charge >= 0.3 is 0 Å². The van der Waals surface area contributed by atoms with Crippen LogP contribution in [0.25, 0.3) is 0 Å². The van der Waals surface area contributed by atoms with Gasteiger partial charge in [-0.15, -0.1) is 0 Å². The summed E-state index contributed by atoms with van der Waals surface area (Å²) < 4.78 is 48.1. The molecule has 5 nitrogen and oxygen atoms in total. The monoisotopic (exact) mass is 446 g/mol. The van der Waals surface area contributed by atoms with E-state index in [4.69, 9.17) is 4.74 Å². The van der Waals surface area contributed by atoms with Gasteiger partial charge in [-0.2, -0.15) is 0 Å². The molecule has 0 spiro atoms. The van der Waals surface area contributed by atoms with Gasteiger partial charge in [-0.05, 0) is 67.1 Å². The molecule has 1 fully saturated rings. The highest BCUT2D eigenvalue weighted by molar-refractivity contribution is 7.92. The van der Waals surface area contributed by atoms with Crippen molar-refractivity contribution in [1.29, 1.82) is 0 Å². The predicted octanol–water partition coefficient (Wildman–Crippen LogP) is 5.01. The number of anilines is 1. The molecule has 0 radical (unpaired) electrons. The van der Waals surface area contributed by atoms with Crippen LogP contribution < -0.4 is 14.8 Å². The topological polar surface area (TPSA) is 67.4 Å². The fraction of sp³-hybridized carbons (Fsp3) is 0.500. The molecule has 0 unspecified atom stereocenters. The average molecular weight is 447 g/mol. The van der Waals surface area contributed by atoms with Crippen LogP contribution in [-0.2, 0) is 23.0 Å². The van der Waals surface area contributed by atoms with E-state index in [9.17, 15) is 12.8 Å². The molecule has 2 aliphatic rings. The minimum absolute atomic E-state index is 0.0751. The van der Waals surface area contributed by atoms with Gasteiger partial charge in [-0.3, -0.25) is 4.72 Å². The van der Waals surface area contributed by atoms with Crippen LogP contribution in [0.2, 0.25) is 0 Å². The molecule has 31 heavy (non-hydrogen) atoms. The summed E-state index contributed by atoms with van der Waals surface area (Å²) in [7, 11) is -3.87. The zero-order valence-electron chi connectivity index (χ0n) is 17.8. The zero-order valence-corrected chi connectivity index (χ0v) is 18.6. The highest BCUT2D eigenvalue weighted by Gasteiger charge is 2.19. The minimum atomic E-state index is -3.87. The molecule has 0 bridgehead atoms. The maximum Gasteiger partial charge on any atom is 0.261 e. The van der Waals surface area contributed by atoms with Gasteiger partial charge in [0.15, 0.2) is 5.82 Å². The molecule has 1 aliphatic carbocycles. The number of fused-ring (bicyclic) bond motifs is 1. The second-order valence-electron chi connectivity index (χ2n) is 8.60. The Balaban J connectivity index is 1.34. The fourth-order valence-corrected chi connectivity index (χ4v) is 5.65. The van der Waals surface area contributed by atoms with E-state index >= 15 is 0 Å². The number of benzene rings is 2. The van der Waals surface area contributed by atoms with Crippen molar-refractivity contribution in [3.05, 3.63) is 53.3 Å². The molecular formula is C24H31FN2O3S. The van der Waals surface area contributed by atoms with Crippen LogP contribution in [-0.4, -0.2) is 21.6 Å². The zero-order chi connectivity index (χ0) is 21.7. The van der Waals surface area contributed by atoms with Crippen LogP contribution in [0.1, 0.15) is 56.1 Å². The molecule has 168 valence electrons. The van der Waals surface area contributed by atoms with Gasteiger partial charge in [0.05, 0.1) is 17.2 Å². The second-order valence-corrected chi connectivity index (χ2v) is 10.3. The first-order chi connectivity index (χ1) is 15.0. The molecule has 2 aromatic carbocycles. The summed E-state index contributed by atoms with van der Waals surface area (Å²) >= 11 is 0. The van der Waals surface area contributed by atoms with Crippen LogP contribution in [0.5, 0.6) is 5.75 Å². The number of hydrogen-bond acceptors (Lipinski definition) is 4. The summed E-state index contributed by atoms with van der Waals surface area (Å²) in [5.74, 6) is 0.576. The number of nitrogens with one attached hydrogen (secondary N) is 2. The Morgan fingerprint density at radius 3 is 2.71 bits per heavy atom. The largest absolute Gasteiger partial charge is 0.493 e. The lowest BCUT2D eigenvalue weighted by atomic mass is 9.86. The highest BCUT2D eigenvalue weighted by Crippen LogP contribution is 2.28. The smallest absolute Gasteiger partial charge is 0.261 e. The van der Waals surface area contributed by atoms with Gasteiger partial charge in [0, 0.05) is 12.6 Å². The van der Waals surface area contributed by atoms with E-state index in [1.54, 1.807) is 18.2 Å². The van der Waals surface area contributed by atoms with E-state index in [0.29, 0.717) is 12.4 Å². The Kier molecular flexibility index (Phi) is 7.13.